The Morgan fingerprint density at radius 1 is 1.19 bits per heavy atom. The number of benzene rings is 1. The molecule has 1 saturated heterocycles. The van der Waals surface area contributed by atoms with Crippen LogP contribution in [-0.4, -0.2) is 67.7 Å². The number of hydrogen-bond acceptors (Lipinski definition) is 4. The Balaban J connectivity index is 1.70. The normalized spacial score (nSPS) is 19.7. The fourth-order valence-electron chi connectivity index (χ4n) is 4.23. The Morgan fingerprint density at radius 2 is 1.84 bits per heavy atom. The van der Waals surface area contributed by atoms with Crippen molar-refractivity contribution < 1.29 is 26.4 Å². The third-order valence-corrected chi connectivity index (χ3v) is 8.07. The first-order valence-electron chi connectivity index (χ1n) is 10.2. The number of likely N-dealkylation sites (tertiary alicyclic amines) is 1. The summed E-state index contributed by atoms with van der Waals surface area (Å²) in [5, 5.41) is -0.542. The lowest BCUT2D eigenvalue weighted by molar-refractivity contribution is -0.138. The van der Waals surface area contributed by atoms with Crippen molar-refractivity contribution in [3.8, 4) is 0 Å². The standard InChI is InChI=1S/C21H25ClF3N3O3S/c1-26-19(16-5-4-10-28(13-16)32(30,31)14-22)20(29)27-11-8-15(9-12-27)17-6-2-3-7-18(17)21(23,24)25/h2-3,5-7,15H,4,8-14H2,1H3/b26-19+. The molecule has 6 nitrogen and oxygen atoms in total. The monoisotopic (exact) mass is 491 g/mol. The van der Waals surface area contributed by atoms with Crippen LogP contribution >= 0.6 is 11.6 Å². The van der Waals surface area contributed by atoms with Crippen molar-refractivity contribution in [2.24, 2.45) is 4.99 Å². The number of rotatable bonds is 5. The summed E-state index contributed by atoms with van der Waals surface area (Å²) < 4.78 is 65.5. The van der Waals surface area contributed by atoms with Crippen LogP contribution in [0.5, 0.6) is 0 Å². The second kappa shape index (κ2) is 9.93. The van der Waals surface area contributed by atoms with Gasteiger partial charge in [-0.1, -0.05) is 24.3 Å². The topological polar surface area (TPSA) is 70.1 Å². The molecule has 1 aromatic rings. The van der Waals surface area contributed by atoms with Crippen LogP contribution in [0.1, 0.15) is 36.3 Å². The van der Waals surface area contributed by atoms with Crippen molar-refractivity contribution in [3.05, 3.63) is 47.0 Å². The quantitative estimate of drug-likeness (QED) is 0.466. The van der Waals surface area contributed by atoms with Crippen molar-refractivity contribution in [1.82, 2.24) is 9.21 Å². The highest BCUT2D eigenvalue weighted by Gasteiger charge is 2.37. The van der Waals surface area contributed by atoms with E-state index in [0.717, 1.165) is 6.07 Å². The summed E-state index contributed by atoms with van der Waals surface area (Å²) in [5.41, 5.74) is 0.317. The zero-order chi connectivity index (χ0) is 23.5. The van der Waals surface area contributed by atoms with Crippen molar-refractivity contribution in [3.63, 3.8) is 0 Å². The predicted octanol–water partition coefficient (Wildman–Crippen LogP) is 3.64. The molecular weight excluding hydrogens is 467 g/mol. The number of piperidine rings is 1. The van der Waals surface area contributed by atoms with E-state index < -0.39 is 27.0 Å². The lowest BCUT2D eigenvalue weighted by atomic mass is 9.86. The van der Waals surface area contributed by atoms with Gasteiger partial charge in [-0.25, -0.2) is 8.42 Å². The molecule has 0 atom stereocenters. The van der Waals surface area contributed by atoms with Gasteiger partial charge in [0.05, 0.1) is 5.56 Å². The van der Waals surface area contributed by atoms with Crippen LogP contribution in [0.3, 0.4) is 0 Å². The van der Waals surface area contributed by atoms with E-state index in [4.69, 9.17) is 11.6 Å². The first-order chi connectivity index (χ1) is 15.1. The van der Waals surface area contributed by atoms with E-state index in [1.807, 2.05) is 0 Å². The maximum absolute atomic E-state index is 13.4. The first-order valence-corrected chi connectivity index (χ1v) is 12.4. The molecule has 0 bridgehead atoms. The molecule has 0 unspecified atom stereocenters. The molecule has 1 fully saturated rings. The van der Waals surface area contributed by atoms with Gasteiger partial charge in [-0.3, -0.25) is 9.79 Å². The highest BCUT2D eigenvalue weighted by atomic mass is 35.5. The van der Waals surface area contributed by atoms with E-state index >= 15 is 0 Å². The molecule has 0 radical (unpaired) electrons. The van der Waals surface area contributed by atoms with Crippen LogP contribution < -0.4 is 0 Å². The van der Waals surface area contributed by atoms with Gasteiger partial charge < -0.3 is 4.90 Å². The molecule has 1 amide bonds. The van der Waals surface area contributed by atoms with Crippen molar-refractivity contribution in [2.45, 2.75) is 31.4 Å². The fraction of sp³-hybridized carbons (Fsp3) is 0.524. The van der Waals surface area contributed by atoms with Crippen molar-refractivity contribution in [1.29, 1.82) is 0 Å². The number of sulfonamides is 1. The number of hydrogen-bond donors (Lipinski definition) is 0. The summed E-state index contributed by atoms with van der Waals surface area (Å²) in [6.45, 7) is 0.897. The van der Waals surface area contributed by atoms with Gasteiger partial charge in [-0.05, 0) is 42.4 Å². The summed E-state index contributed by atoms with van der Waals surface area (Å²) in [6.07, 6.45) is -1.38. The molecule has 0 spiro atoms. The molecule has 32 heavy (non-hydrogen) atoms. The molecule has 176 valence electrons. The molecule has 0 saturated carbocycles. The number of amides is 1. The number of halogens is 4. The number of carbonyl (C=O) groups excluding carboxylic acids is 1. The SMILES string of the molecule is C/N=C(/C(=O)N1CCC(c2ccccc2C(F)(F)F)CC1)C1=CCCN(S(=O)(=O)CCl)C1. The van der Waals surface area contributed by atoms with E-state index in [1.54, 1.807) is 17.0 Å². The van der Waals surface area contributed by atoms with Gasteiger partial charge in [-0.2, -0.15) is 17.5 Å². The minimum Gasteiger partial charge on any atom is -0.337 e. The van der Waals surface area contributed by atoms with Crippen LogP contribution in [0.15, 0.2) is 40.9 Å². The highest BCUT2D eigenvalue weighted by molar-refractivity contribution is 7.90. The first kappa shape index (κ1) is 24.7. The Bertz CT molecular complexity index is 1020. The van der Waals surface area contributed by atoms with E-state index in [9.17, 15) is 26.4 Å². The minimum absolute atomic E-state index is 0.0168. The third-order valence-electron chi connectivity index (χ3n) is 5.87. The molecule has 0 N–H and O–H groups in total. The Morgan fingerprint density at radius 3 is 2.44 bits per heavy atom. The van der Waals surface area contributed by atoms with Crippen molar-refractivity contribution >= 4 is 33.2 Å². The molecule has 1 aromatic carbocycles. The van der Waals surface area contributed by atoms with Crippen LogP contribution in [0.2, 0.25) is 0 Å². The van der Waals surface area contributed by atoms with Crippen molar-refractivity contribution in [2.75, 3.05) is 38.4 Å². The lowest BCUT2D eigenvalue weighted by Crippen LogP contribution is -2.45. The maximum atomic E-state index is 13.4. The molecule has 0 aromatic heterocycles. The Hall–Kier alpha value is -1.91. The summed E-state index contributed by atoms with van der Waals surface area (Å²) in [7, 11) is -2.15. The van der Waals surface area contributed by atoms with Crippen LogP contribution in [0.4, 0.5) is 13.2 Å². The summed E-state index contributed by atoms with van der Waals surface area (Å²) in [6, 6.07) is 5.56. The van der Waals surface area contributed by atoms with Gasteiger partial charge >= 0.3 is 6.18 Å². The van der Waals surface area contributed by atoms with E-state index in [0.29, 0.717) is 37.9 Å². The second-order valence-corrected chi connectivity index (χ2v) is 10.3. The molecule has 2 aliphatic heterocycles. The van der Waals surface area contributed by atoms with Gasteiger partial charge in [0.25, 0.3) is 5.91 Å². The molecular formula is C21H25ClF3N3O3S. The minimum atomic E-state index is -4.42. The Kier molecular flexibility index (Phi) is 7.67. The smallest absolute Gasteiger partial charge is 0.337 e. The zero-order valence-corrected chi connectivity index (χ0v) is 19.2. The van der Waals surface area contributed by atoms with E-state index in [-0.39, 0.29) is 36.2 Å². The fourth-order valence-corrected chi connectivity index (χ4v) is 5.50. The lowest BCUT2D eigenvalue weighted by Gasteiger charge is -2.34. The largest absolute Gasteiger partial charge is 0.416 e. The van der Waals surface area contributed by atoms with Gasteiger partial charge in [0.1, 0.15) is 10.9 Å². The molecule has 2 aliphatic rings. The number of aliphatic imine (C=N–C) groups is 1. The average molecular weight is 492 g/mol. The van der Waals surface area contributed by atoms with E-state index in [1.165, 1.54) is 23.5 Å². The van der Waals surface area contributed by atoms with Gasteiger partial charge in [0, 0.05) is 33.2 Å². The van der Waals surface area contributed by atoms with Gasteiger partial charge in [0.15, 0.2) is 0 Å². The Labute approximate surface area is 190 Å². The summed E-state index contributed by atoms with van der Waals surface area (Å²) >= 11 is 5.55. The maximum Gasteiger partial charge on any atom is 0.416 e. The number of alkyl halides is 4. The number of nitrogens with zero attached hydrogens (tertiary/aromatic N) is 3. The highest BCUT2D eigenvalue weighted by Crippen LogP contribution is 2.38. The number of carbonyl (C=O) groups is 1. The van der Waals surface area contributed by atoms with Gasteiger partial charge in [0.2, 0.25) is 10.0 Å². The molecule has 0 aliphatic carbocycles. The molecule has 3 rings (SSSR count). The average Bonchev–Trinajstić information content (AvgIpc) is 2.79. The summed E-state index contributed by atoms with van der Waals surface area (Å²) in [5.74, 6) is -0.636. The van der Waals surface area contributed by atoms with Gasteiger partial charge in [-0.15, -0.1) is 11.6 Å². The van der Waals surface area contributed by atoms with Crippen LogP contribution in [0.25, 0.3) is 0 Å². The zero-order valence-electron chi connectivity index (χ0n) is 17.6. The molecule has 2 heterocycles. The third kappa shape index (κ3) is 5.35. The second-order valence-electron chi connectivity index (χ2n) is 7.80. The molecule has 11 heteroatoms. The summed E-state index contributed by atoms with van der Waals surface area (Å²) in [4.78, 5) is 18.8. The van der Waals surface area contributed by atoms with E-state index in [2.05, 4.69) is 4.99 Å². The predicted molar refractivity (Wildman–Crippen MR) is 117 cm³/mol. The van der Waals surface area contributed by atoms with Crippen LogP contribution in [0, 0.1) is 0 Å². The van der Waals surface area contributed by atoms with Crippen LogP contribution in [-0.2, 0) is 21.0 Å².